The van der Waals surface area contributed by atoms with Crippen molar-refractivity contribution in [1.82, 2.24) is 10.2 Å². The monoisotopic (exact) mass is 402 g/mol. The number of aliphatic hydroxyl groups excluding tert-OH is 1. The maximum absolute atomic E-state index is 14.1. The van der Waals surface area contributed by atoms with Gasteiger partial charge in [0.2, 0.25) is 5.91 Å². The van der Waals surface area contributed by atoms with Gasteiger partial charge in [-0.3, -0.25) is 4.79 Å². The van der Waals surface area contributed by atoms with Crippen LogP contribution < -0.4 is 10.1 Å². The van der Waals surface area contributed by atoms with Gasteiger partial charge in [0.25, 0.3) is 0 Å². The molecule has 1 amide bonds. The molecule has 3 rings (SSSR count). The Morgan fingerprint density at radius 2 is 2.07 bits per heavy atom. The highest BCUT2D eigenvalue weighted by molar-refractivity contribution is 5.80. The van der Waals surface area contributed by atoms with E-state index in [4.69, 9.17) is 9.47 Å². The van der Waals surface area contributed by atoms with Crippen LogP contribution in [-0.2, 0) is 16.0 Å². The van der Waals surface area contributed by atoms with E-state index in [1.165, 1.54) is 26.4 Å². The van der Waals surface area contributed by atoms with Gasteiger partial charge in [-0.1, -0.05) is 24.3 Å². The van der Waals surface area contributed by atoms with Gasteiger partial charge in [0.05, 0.1) is 32.4 Å². The number of ether oxygens (including phenoxy) is 2. The van der Waals surface area contributed by atoms with Gasteiger partial charge in [-0.2, -0.15) is 0 Å². The number of amides is 1. The summed E-state index contributed by atoms with van der Waals surface area (Å²) in [7, 11) is 3.05. The van der Waals surface area contributed by atoms with Crippen molar-refractivity contribution in [2.24, 2.45) is 0 Å². The molecule has 29 heavy (non-hydrogen) atoms. The number of rotatable bonds is 8. The van der Waals surface area contributed by atoms with Crippen LogP contribution in [0.3, 0.4) is 0 Å². The van der Waals surface area contributed by atoms with Crippen LogP contribution in [0.2, 0.25) is 0 Å². The quantitative estimate of drug-likeness (QED) is 0.706. The molecule has 1 unspecified atom stereocenters. The number of hydrogen-bond donors (Lipinski definition) is 2. The van der Waals surface area contributed by atoms with E-state index in [1.807, 2.05) is 24.3 Å². The lowest BCUT2D eigenvalue weighted by Gasteiger charge is -2.38. The minimum atomic E-state index is -0.686. The number of carbonyl (C=O) groups is 1. The molecule has 0 aromatic heterocycles. The molecule has 0 radical (unpaired) electrons. The van der Waals surface area contributed by atoms with E-state index in [0.717, 1.165) is 17.5 Å². The van der Waals surface area contributed by atoms with Crippen LogP contribution in [-0.4, -0.2) is 62.5 Å². The van der Waals surface area contributed by atoms with Crippen molar-refractivity contribution in [2.45, 2.75) is 18.6 Å². The lowest BCUT2D eigenvalue weighted by molar-refractivity contribution is -0.132. The zero-order valence-corrected chi connectivity index (χ0v) is 16.7. The number of methoxy groups -OCH3 is 2. The maximum atomic E-state index is 14.1. The third-order valence-electron chi connectivity index (χ3n) is 5.11. The molecule has 7 heteroatoms. The first-order valence-corrected chi connectivity index (χ1v) is 9.63. The summed E-state index contributed by atoms with van der Waals surface area (Å²) in [4.78, 5) is 14.8. The molecule has 0 spiro atoms. The van der Waals surface area contributed by atoms with Crippen molar-refractivity contribution < 1.29 is 23.8 Å². The number of nitrogens with one attached hydrogen (secondary N) is 1. The molecule has 1 aliphatic heterocycles. The molecule has 2 atom stereocenters. The summed E-state index contributed by atoms with van der Waals surface area (Å²) in [5.41, 5.74) is 2.72. The fraction of sp³-hybridized carbons (Fsp3) is 0.409. The number of fused-ring (bicyclic) bond motifs is 1. The van der Waals surface area contributed by atoms with Crippen LogP contribution in [0, 0.1) is 5.82 Å². The largest absolute Gasteiger partial charge is 0.496 e. The van der Waals surface area contributed by atoms with E-state index in [1.54, 1.807) is 11.0 Å². The number of carbonyl (C=O) groups excluding carboxylic acids is 1. The first kappa shape index (κ1) is 21.2. The Morgan fingerprint density at radius 1 is 1.28 bits per heavy atom. The Morgan fingerprint density at radius 3 is 2.83 bits per heavy atom. The molecule has 2 aromatic rings. The standard InChI is InChI=1S/C22H27FN2O4/c1-28-14-17(26)12-24-13-21(27)25-10-9-15-5-3-4-6-18(15)22(25)19-11-16(23)7-8-20(19)29-2/h3-8,11,17,22,24,26H,9-10,12-14H2,1-2H3/t17-,22?/m0/s1. The average Bonchev–Trinajstić information content (AvgIpc) is 2.73. The van der Waals surface area contributed by atoms with Gasteiger partial charge >= 0.3 is 0 Å². The normalized spacial score (nSPS) is 17.0. The Bertz CT molecular complexity index is 845. The fourth-order valence-electron chi connectivity index (χ4n) is 3.79. The Labute approximate surface area is 170 Å². The molecule has 0 aliphatic carbocycles. The number of halogens is 1. The molecule has 2 aromatic carbocycles. The summed E-state index contributed by atoms with van der Waals surface area (Å²) in [6, 6.07) is 11.8. The molecule has 2 N–H and O–H groups in total. The van der Waals surface area contributed by atoms with E-state index in [9.17, 15) is 14.3 Å². The predicted octanol–water partition coefficient (Wildman–Crippen LogP) is 1.91. The molecule has 6 nitrogen and oxygen atoms in total. The second kappa shape index (κ2) is 9.82. The second-order valence-corrected chi connectivity index (χ2v) is 7.06. The van der Waals surface area contributed by atoms with Crippen molar-refractivity contribution in [2.75, 3.05) is 40.5 Å². The van der Waals surface area contributed by atoms with Gasteiger partial charge in [-0.05, 0) is 35.7 Å². The first-order valence-electron chi connectivity index (χ1n) is 9.63. The van der Waals surface area contributed by atoms with Gasteiger partial charge in [0.1, 0.15) is 11.6 Å². The van der Waals surface area contributed by atoms with Crippen LogP contribution in [0.5, 0.6) is 5.75 Å². The van der Waals surface area contributed by atoms with Crippen LogP contribution >= 0.6 is 0 Å². The zero-order valence-electron chi connectivity index (χ0n) is 16.7. The Hall–Kier alpha value is -2.48. The second-order valence-electron chi connectivity index (χ2n) is 7.06. The highest BCUT2D eigenvalue weighted by Gasteiger charge is 2.33. The van der Waals surface area contributed by atoms with Crippen molar-refractivity contribution in [3.8, 4) is 5.75 Å². The van der Waals surface area contributed by atoms with Gasteiger partial charge < -0.3 is 24.8 Å². The van der Waals surface area contributed by atoms with Gasteiger partial charge in [-0.15, -0.1) is 0 Å². The minimum Gasteiger partial charge on any atom is -0.496 e. The topological polar surface area (TPSA) is 71.0 Å². The molecular formula is C22H27FN2O4. The van der Waals surface area contributed by atoms with Crippen LogP contribution in [0.25, 0.3) is 0 Å². The van der Waals surface area contributed by atoms with Gasteiger partial charge in [-0.25, -0.2) is 4.39 Å². The van der Waals surface area contributed by atoms with E-state index in [2.05, 4.69) is 5.32 Å². The summed E-state index contributed by atoms with van der Waals surface area (Å²) >= 11 is 0. The van der Waals surface area contributed by atoms with E-state index in [0.29, 0.717) is 17.9 Å². The predicted molar refractivity (Wildman–Crippen MR) is 107 cm³/mol. The van der Waals surface area contributed by atoms with Gasteiger partial charge in [0.15, 0.2) is 0 Å². The van der Waals surface area contributed by atoms with Gasteiger partial charge in [0, 0.05) is 25.8 Å². The molecule has 1 heterocycles. The summed E-state index contributed by atoms with van der Waals surface area (Å²) < 4.78 is 24.5. The Balaban J connectivity index is 1.88. The average molecular weight is 402 g/mol. The van der Waals surface area contributed by atoms with Crippen molar-refractivity contribution in [3.05, 3.63) is 65.0 Å². The molecule has 1 aliphatic rings. The molecular weight excluding hydrogens is 375 g/mol. The summed E-state index contributed by atoms with van der Waals surface area (Å²) in [5, 5.41) is 12.7. The van der Waals surface area contributed by atoms with Crippen molar-refractivity contribution in [3.63, 3.8) is 0 Å². The lowest BCUT2D eigenvalue weighted by atomic mass is 9.87. The smallest absolute Gasteiger partial charge is 0.237 e. The van der Waals surface area contributed by atoms with Crippen LogP contribution in [0.4, 0.5) is 4.39 Å². The van der Waals surface area contributed by atoms with E-state index < -0.39 is 12.1 Å². The first-order chi connectivity index (χ1) is 14.0. The van der Waals surface area contributed by atoms with Crippen molar-refractivity contribution in [1.29, 1.82) is 0 Å². The van der Waals surface area contributed by atoms with E-state index >= 15 is 0 Å². The van der Waals surface area contributed by atoms with E-state index in [-0.39, 0.29) is 31.4 Å². The number of hydrogen-bond acceptors (Lipinski definition) is 5. The minimum absolute atomic E-state index is 0.0665. The van der Waals surface area contributed by atoms with Crippen LogP contribution in [0.1, 0.15) is 22.7 Å². The summed E-state index contributed by atoms with van der Waals surface area (Å²) in [6.07, 6.45) is 0.0384. The summed E-state index contributed by atoms with van der Waals surface area (Å²) in [5.74, 6) is 0.0341. The number of nitrogens with zero attached hydrogens (tertiary/aromatic N) is 1. The van der Waals surface area contributed by atoms with Crippen molar-refractivity contribution >= 4 is 5.91 Å². The fourth-order valence-corrected chi connectivity index (χ4v) is 3.79. The highest BCUT2D eigenvalue weighted by atomic mass is 19.1. The molecule has 0 bridgehead atoms. The maximum Gasteiger partial charge on any atom is 0.237 e. The number of aliphatic hydroxyl groups is 1. The molecule has 0 saturated heterocycles. The third-order valence-corrected chi connectivity index (χ3v) is 5.11. The summed E-state index contributed by atoms with van der Waals surface area (Å²) in [6.45, 7) is 1.03. The number of benzene rings is 2. The molecule has 156 valence electrons. The zero-order chi connectivity index (χ0) is 20.8. The van der Waals surface area contributed by atoms with Crippen LogP contribution in [0.15, 0.2) is 42.5 Å². The molecule has 0 fully saturated rings. The SMILES string of the molecule is COC[C@@H](O)CNCC(=O)N1CCc2ccccc2C1c1cc(F)ccc1OC. The molecule has 0 saturated carbocycles. The highest BCUT2D eigenvalue weighted by Crippen LogP contribution is 2.39. The lowest BCUT2D eigenvalue weighted by Crippen LogP contribution is -2.45. The Kier molecular flexibility index (Phi) is 7.19. The third kappa shape index (κ3) is 4.93.